The summed E-state index contributed by atoms with van der Waals surface area (Å²) in [4.78, 5) is 13.0. The molecular formula is C13H17ClN6. The number of halogens is 1. The van der Waals surface area contributed by atoms with Gasteiger partial charge in [0.1, 0.15) is 28.9 Å². The first-order chi connectivity index (χ1) is 9.74. The summed E-state index contributed by atoms with van der Waals surface area (Å²) in [5.74, 6) is 3.13. The van der Waals surface area contributed by atoms with Gasteiger partial charge >= 0.3 is 0 Å². The van der Waals surface area contributed by atoms with Crippen molar-refractivity contribution < 1.29 is 0 Å². The fraction of sp³-hybridized carbons (Fsp3) is 0.538. The fourth-order valence-electron chi connectivity index (χ4n) is 2.02. The van der Waals surface area contributed by atoms with E-state index < -0.39 is 0 Å². The molecule has 0 aliphatic heterocycles. The Morgan fingerprint density at radius 3 is 2.95 bits per heavy atom. The normalized spacial score (nSPS) is 14.5. The highest BCUT2D eigenvalue weighted by molar-refractivity contribution is 6.30. The average molecular weight is 293 g/mol. The molecule has 3 rings (SSSR count). The molecule has 0 amide bonds. The summed E-state index contributed by atoms with van der Waals surface area (Å²) in [6.07, 6.45) is 5.68. The number of hydrogen-bond donors (Lipinski definition) is 2. The molecule has 0 radical (unpaired) electrons. The van der Waals surface area contributed by atoms with Gasteiger partial charge in [-0.3, -0.25) is 5.10 Å². The van der Waals surface area contributed by atoms with Crippen molar-refractivity contribution in [3.8, 4) is 0 Å². The van der Waals surface area contributed by atoms with Crippen LogP contribution >= 0.6 is 11.6 Å². The number of nitrogens with zero attached hydrogens (tertiary/aromatic N) is 4. The highest BCUT2D eigenvalue weighted by Crippen LogP contribution is 2.39. The summed E-state index contributed by atoms with van der Waals surface area (Å²) >= 11 is 6.17. The van der Waals surface area contributed by atoms with Crippen molar-refractivity contribution >= 4 is 17.4 Å². The number of nitrogens with one attached hydrogen (secondary N) is 2. The molecule has 0 atom stereocenters. The van der Waals surface area contributed by atoms with Crippen LogP contribution in [0, 0.1) is 6.92 Å². The maximum atomic E-state index is 6.17. The van der Waals surface area contributed by atoms with Crippen LogP contribution in [0.25, 0.3) is 0 Å². The largest absolute Gasteiger partial charge is 0.370 e. The van der Waals surface area contributed by atoms with Crippen molar-refractivity contribution in [2.45, 2.75) is 38.5 Å². The van der Waals surface area contributed by atoms with E-state index in [2.05, 4.69) is 30.5 Å². The van der Waals surface area contributed by atoms with Crippen molar-refractivity contribution in [1.82, 2.24) is 25.1 Å². The van der Waals surface area contributed by atoms with Crippen molar-refractivity contribution in [3.63, 3.8) is 0 Å². The molecule has 1 saturated carbocycles. The molecule has 0 unspecified atom stereocenters. The summed E-state index contributed by atoms with van der Waals surface area (Å²) < 4.78 is 0. The van der Waals surface area contributed by atoms with Gasteiger partial charge < -0.3 is 5.32 Å². The zero-order chi connectivity index (χ0) is 13.9. The van der Waals surface area contributed by atoms with Gasteiger partial charge in [-0.15, -0.1) is 0 Å². The maximum Gasteiger partial charge on any atom is 0.137 e. The molecule has 0 aromatic carbocycles. The lowest BCUT2D eigenvalue weighted by atomic mass is 10.2. The highest BCUT2D eigenvalue weighted by atomic mass is 35.5. The number of H-pyrrole nitrogens is 1. The first kappa shape index (κ1) is 13.3. The second-order valence-electron chi connectivity index (χ2n) is 5.08. The molecule has 0 spiro atoms. The maximum absolute atomic E-state index is 6.17. The predicted molar refractivity (Wildman–Crippen MR) is 76.9 cm³/mol. The Hall–Kier alpha value is -1.69. The van der Waals surface area contributed by atoms with Gasteiger partial charge in [-0.05, 0) is 26.2 Å². The van der Waals surface area contributed by atoms with Crippen LogP contribution in [0.15, 0.2) is 6.33 Å². The summed E-state index contributed by atoms with van der Waals surface area (Å²) in [5.41, 5.74) is 0.913. The quantitative estimate of drug-likeness (QED) is 0.631. The van der Waals surface area contributed by atoms with Crippen molar-refractivity contribution in [1.29, 1.82) is 0 Å². The summed E-state index contributed by atoms with van der Waals surface area (Å²) in [7, 11) is 0. The van der Waals surface area contributed by atoms with Gasteiger partial charge in [0.15, 0.2) is 0 Å². The van der Waals surface area contributed by atoms with Gasteiger partial charge in [0, 0.05) is 24.4 Å². The Labute approximate surface area is 122 Å². The number of hydrogen-bond acceptors (Lipinski definition) is 5. The number of anilines is 1. The molecule has 2 N–H and O–H groups in total. The molecular weight excluding hydrogens is 276 g/mol. The van der Waals surface area contributed by atoms with Crippen LogP contribution in [-0.2, 0) is 6.42 Å². The lowest BCUT2D eigenvalue weighted by molar-refractivity contribution is 0.799. The molecule has 106 valence electrons. The Bertz CT molecular complexity index is 579. The van der Waals surface area contributed by atoms with Gasteiger partial charge in [0.05, 0.1) is 0 Å². The SMILES string of the molecule is Cc1c(Cl)nc(C2CC2)nc1NCCCc1ncn[nH]1. The van der Waals surface area contributed by atoms with E-state index in [-0.39, 0.29) is 0 Å². The number of aryl methyl sites for hydroxylation is 1. The second kappa shape index (κ2) is 5.75. The van der Waals surface area contributed by atoms with Gasteiger partial charge in [0.25, 0.3) is 0 Å². The second-order valence-corrected chi connectivity index (χ2v) is 5.44. The third kappa shape index (κ3) is 3.07. The predicted octanol–water partition coefficient (Wildman–Crippen LogP) is 2.48. The van der Waals surface area contributed by atoms with Gasteiger partial charge in [-0.25, -0.2) is 15.0 Å². The topological polar surface area (TPSA) is 79.4 Å². The van der Waals surface area contributed by atoms with Crippen LogP contribution in [-0.4, -0.2) is 31.7 Å². The first-order valence-corrected chi connectivity index (χ1v) is 7.24. The van der Waals surface area contributed by atoms with Crippen LogP contribution < -0.4 is 5.32 Å². The molecule has 0 bridgehead atoms. The van der Waals surface area contributed by atoms with E-state index in [9.17, 15) is 0 Å². The van der Waals surface area contributed by atoms with E-state index in [1.165, 1.54) is 19.2 Å². The van der Waals surface area contributed by atoms with Gasteiger partial charge in [-0.1, -0.05) is 11.6 Å². The molecule has 6 nitrogen and oxygen atoms in total. The minimum absolute atomic E-state index is 0.503. The van der Waals surface area contributed by atoms with Crippen LogP contribution in [0.3, 0.4) is 0 Å². The smallest absolute Gasteiger partial charge is 0.137 e. The van der Waals surface area contributed by atoms with E-state index in [1.54, 1.807) is 0 Å². The van der Waals surface area contributed by atoms with Gasteiger partial charge in [-0.2, -0.15) is 5.10 Å². The zero-order valence-electron chi connectivity index (χ0n) is 11.4. The molecule has 1 aliphatic carbocycles. The average Bonchev–Trinajstić information content (AvgIpc) is 3.16. The number of rotatable bonds is 6. The molecule has 1 aliphatic rings. The van der Waals surface area contributed by atoms with E-state index in [0.717, 1.165) is 42.4 Å². The standard InChI is InChI=1S/C13H17ClN6/c1-8-11(14)18-13(9-4-5-9)19-12(8)15-6-2-3-10-16-7-17-20-10/h7,9H,2-6H2,1H3,(H,15,18,19)(H,16,17,20). The molecule has 0 saturated heterocycles. The Balaban J connectivity index is 1.58. The lowest BCUT2D eigenvalue weighted by Crippen LogP contribution is -2.09. The highest BCUT2D eigenvalue weighted by Gasteiger charge is 2.27. The van der Waals surface area contributed by atoms with Crippen LogP contribution in [0.4, 0.5) is 5.82 Å². The molecule has 2 aromatic rings. The third-order valence-corrected chi connectivity index (χ3v) is 3.76. The van der Waals surface area contributed by atoms with Crippen LogP contribution in [0.5, 0.6) is 0 Å². The summed E-state index contributed by atoms with van der Waals surface area (Å²) in [6, 6.07) is 0. The minimum atomic E-state index is 0.503. The number of aromatic nitrogens is 5. The van der Waals surface area contributed by atoms with E-state index in [4.69, 9.17) is 11.6 Å². The number of aromatic amines is 1. The van der Waals surface area contributed by atoms with E-state index in [1.807, 2.05) is 6.92 Å². The molecule has 2 aromatic heterocycles. The minimum Gasteiger partial charge on any atom is -0.370 e. The Morgan fingerprint density at radius 1 is 1.40 bits per heavy atom. The third-order valence-electron chi connectivity index (χ3n) is 3.39. The Morgan fingerprint density at radius 2 is 2.25 bits per heavy atom. The molecule has 7 heteroatoms. The van der Waals surface area contributed by atoms with Crippen molar-refractivity contribution in [3.05, 3.63) is 28.7 Å². The molecule has 2 heterocycles. The lowest BCUT2D eigenvalue weighted by Gasteiger charge is -2.10. The van der Waals surface area contributed by atoms with Crippen molar-refractivity contribution in [2.75, 3.05) is 11.9 Å². The van der Waals surface area contributed by atoms with Crippen molar-refractivity contribution in [2.24, 2.45) is 0 Å². The zero-order valence-corrected chi connectivity index (χ0v) is 12.1. The summed E-state index contributed by atoms with van der Waals surface area (Å²) in [6.45, 7) is 2.76. The first-order valence-electron chi connectivity index (χ1n) is 6.86. The van der Waals surface area contributed by atoms with Crippen LogP contribution in [0.2, 0.25) is 5.15 Å². The van der Waals surface area contributed by atoms with E-state index >= 15 is 0 Å². The monoisotopic (exact) mass is 292 g/mol. The fourth-order valence-corrected chi connectivity index (χ4v) is 2.19. The molecule has 20 heavy (non-hydrogen) atoms. The van der Waals surface area contributed by atoms with Crippen LogP contribution in [0.1, 0.15) is 42.4 Å². The Kier molecular flexibility index (Phi) is 3.82. The van der Waals surface area contributed by atoms with E-state index in [0.29, 0.717) is 11.1 Å². The molecule has 1 fully saturated rings. The summed E-state index contributed by atoms with van der Waals surface area (Å²) in [5, 5.41) is 10.6. The van der Waals surface area contributed by atoms with Gasteiger partial charge in [0.2, 0.25) is 0 Å².